The molecule has 2 aromatic rings. The molecule has 2 aromatic carbocycles. The van der Waals surface area contributed by atoms with Gasteiger partial charge in [-0.05, 0) is 54.3 Å². The lowest BCUT2D eigenvalue weighted by Crippen LogP contribution is -2.29. The van der Waals surface area contributed by atoms with Gasteiger partial charge in [-0.2, -0.15) is 0 Å². The average molecular weight is 397 g/mol. The van der Waals surface area contributed by atoms with Crippen LogP contribution >= 0.6 is 0 Å². The minimum absolute atomic E-state index is 0.393. The van der Waals surface area contributed by atoms with E-state index in [4.69, 9.17) is 14.2 Å². The molecule has 0 saturated carbocycles. The first kappa shape index (κ1) is 22.0. The number of hydrogen-bond donors (Lipinski definition) is 1. The Morgan fingerprint density at radius 3 is 2.17 bits per heavy atom. The second-order valence-corrected chi connectivity index (χ2v) is 6.79. The van der Waals surface area contributed by atoms with Crippen LogP contribution in [0.4, 0.5) is 5.69 Å². The van der Waals surface area contributed by atoms with E-state index in [9.17, 15) is 9.59 Å². The van der Waals surface area contributed by atoms with Gasteiger partial charge in [0, 0.05) is 11.8 Å². The topological polar surface area (TPSA) is 73.9 Å². The van der Waals surface area contributed by atoms with Crippen LogP contribution in [0, 0.1) is 0 Å². The van der Waals surface area contributed by atoms with Crippen molar-refractivity contribution >= 4 is 23.6 Å². The van der Waals surface area contributed by atoms with Crippen molar-refractivity contribution in [2.75, 3.05) is 19.5 Å². The molecule has 0 saturated heterocycles. The summed E-state index contributed by atoms with van der Waals surface area (Å²) in [6, 6.07) is 12.8. The van der Waals surface area contributed by atoms with Gasteiger partial charge in [-0.15, -0.1) is 0 Å². The molecule has 0 aromatic heterocycles. The van der Waals surface area contributed by atoms with Gasteiger partial charge in [0.05, 0.1) is 14.2 Å². The van der Waals surface area contributed by atoms with Crippen molar-refractivity contribution in [3.63, 3.8) is 0 Å². The minimum Gasteiger partial charge on any atom is -0.493 e. The minimum atomic E-state index is -0.928. The maximum Gasteiger partial charge on any atom is 0.331 e. The third kappa shape index (κ3) is 6.38. The highest BCUT2D eigenvalue weighted by atomic mass is 16.5. The molecule has 0 spiro atoms. The third-order valence-corrected chi connectivity index (χ3v) is 4.33. The van der Waals surface area contributed by atoms with Crippen molar-refractivity contribution in [3.8, 4) is 11.5 Å². The van der Waals surface area contributed by atoms with Crippen LogP contribution in [0.15, 0.2) is 48.5 Å². The molecule has 154 valence electrons. The summed E-state index contributed by atoms with van der Waals surface area (Å²) in [5.41, 5.74) is 2.58. The van der Waals surface area contributed by atoms with E-state index in [1.54, 1.807) is 31.4 Å². The van der Waals surface area contributed by atoms with Gasteiger partial charge in [0.1, 0.15) is 0 Å². The Bertz CT molecular complexity index is 871. The first-order valence-electron chi connectivity index (χ1n) is 9.35. The van der Waals surface area contributed by atoms with Crippen molar-refractivity contribution in [2.24, 2.45) is 0 Å². The van der Waals surface area contributed by atoms with Crippen LogP contribution in [0.25, 0.3) is 6.08 Å². The van der Waals surface area contributed by atoms with Gasteiger partial charge in [0.25, 0.3) is 5.91 Å². The fourth-order valence-electron chi connectivity index (χ4n) is 2.58. The molecule has 1 amide bonds. The summed E-state index contributed by atoms with van der Waals surface area (Å²) >= 11 is 0. The van der Waals surface area contributed by atoms with Crippen LogP contribution in [-0.2, 0) is 14.3 Å². The number of benzene rings is 2. The van der Waals surface area contributed by atoms with Crippen molar-refractivity contribution in [1.29, 1.82) is 0 Å². The van der Waals surface area contributed by atoms with Gasteiger partial charge in [0.15, 0.2) is 17.6 Å². The summed E-state index contributed by atoms with van der Waals surface area (Å²) in [6.07, 6.45) is 1.92. The Hall–Kier alpha value is -3.28. The van der Waals surface area contributed by atoms with Crippen molar-refractivity contribution in [3.05, 3.63) is 59.7 Å². The molecule has 6 heteroatoms. The number of hydrogen-bond acceptors (Lipinski definition) is 5. The van der Waals surface area contributed by atoms with E-state index in [-0.39, 0.29) is 0 Å². The first-order valence-corrected chi connectivity index (χ1v) is 9.35. The molecule has 6 nitrogen and oxygen atoms in total. The van der Waals surface area contributed by atoms with Crippen LogP contribution in [0.1, 0.15) is 37.8 Å². The SMILES string of the molecule is COc1ccc(/C=C/C(=O)O[C@H](C)C(=O)Nc2ccc(C(C)C)cc2)cc1OC. The summed E-state index contributed by atoms with van der Waals surface area (Å²) < 4.78 is 15.6. The van der Waals surface area contributed by atoms with Gasteiger partial charge >= 0.3 is 5.97 Å². The summed E-state index contributed by atoms with van der Waals surface area (Å²) in [5, 5.41) is 2.74. The molecule has 0 aliphatic heterocycles. The molecular formula is C23H27NO5. The third-order valence-electron chi connectivity index (χ3n) is 4.33. The van der Waals surface area contributed by atoms with Crippen molar-refractivity contribution < 1.29 is 23.8 Å². The highest BCUT2D eigenvalue weighted by Gasteiger charge is 2.16. The molecule has 0 heterocycles. The summed E-state index contributed by atoms with van der Waals surface area (Å²) in [7, 11) is 3.09. The fraction of sp³-hybridized carbons (Fsp3) is 0.304. The average Bonchev–Trinajstić information content (AvgIpc) is 2.72. The van der Waals surface area contributed by atoms with Crippen LogP contribution in [0.2, 0.25) is 0 Å². The van der Waals surface area contributed by atoms with Gasteiger partial charge in [-0.3, -0.25) is 4.79 Å². The summed E-state index contributed by atoms with van der Waals surface area (Å²) in [5.74, 6) is 0.558. The van der Waals surface area contributed by atoms with E-state index in [0.717, 1.165) is 5.56 Å². The lowest BCUT2D eigenvalue weighted by Gasteiger charge is -2.13. The Balaban J connectivity index is 1.92. The molecule has 29 heavy (non-hydrogen) atoms. The van der Waals surface area contributed by atoms with E-state index in [1.165, 1.54) is 25.7 Å². The summed E-state index contributed by atoms with van der Waals surface area (Å²) in [6.45, 7) is 5.73. The standard InChI is InChI=1S/C23H27NO5/c1-15(2)18-8-10-19(11-9-18)24-23(26)16(3)29-22(25)13-7-17-6-12-20(27-4)21(14-17)28-5/h6-16H,1-5H3,(H,24,26)/b13-7+/t16-/m1/s1. The molecule has 0 bridgehead atoms. The normalized spacial score (nSPS) is 11.9. The van der Waals surface area contributed by atoms with Crippen LogP contribution < -0.4 is 14.8 Å². The van der Waals surface area contributed by atoms with Crippen LogP contribution in [-0.4, -0.2) is 32.2 Å². The second-order valence-electron chi connectivity index (χ2n) is 6.79. The molecule has 0 unspecified atom stereocenters. The number of methoxy groups -OCH3 is 2. The Morgan fingerprint density at radius 2 is 1.59 bits per heavy atom. The Morgan fingerprint density at radius 1 is 0.931 bits per heavy atom. The van der Waals surface area contributed by atoms with E-state index >= 15 is 0 Å². The molecule has 0 fully saturated rings. The number of nitrogens with one attached hydrogen (secondary N) is 1. The molecule has 0 aliphatic rings. The Kier molecular flexibility index (Phi) is 7.83. The number of amides is 1. The fourth-order valence-corrected chi connectivity index (χ4v) is 2.58. The van der Waals surface area contributed by atoms with Gasteiger partial charge < -0.3 is 19.5 Å². The van der Waals surface area contributed by atoms with Gasteiger partial charge in [0.2, 0.25) is 0 Å². The molecule has 0 aliphatic carbocycles. The number of carbonyl (C=O) groups excluding carboxylic acids is 2. The number of anilines is 1. The highest BCUT2D eigenvalue weighted by molar-refractivity contribution is 5.96. The van der Waals surface area contributed by atoms with E-state index < -0.39 is 18.0 Å². The first-order chi connectivity index (χ1) is 13.8. The van der Waals surface area contributed by atoms with Crippen molar-refractivity contribution in [2.45, 2.75) is 32.8 Å². The van der Waals surface area contributed by atoms with Gasteiger partial charge in [-0.1, -0.05) is 32.0 Å². The maximum absolute atomic E-state index is 12.3. The quantitative estimate of drug-likeness (QED) is 0.528. The van der Waals surface area contributed by atoms with E-state index in [0.29, 0.717) is 23.1 Å². The monoisotopic (exact) mass is 397 g/mol. The van der Waals surface area contributed by atoms with Crippen LogP contribution in [0.3, 0.4) is 0 Å². The predicted molar refractivity (Wildman–Crippen MR) is 113 cm³/mol. The zero-order chi connectivity index (χ0) is 21.4. The summed E-state index contributed by atoms with van der Waals surface area (Å²) in [4.78, 5) is 24.3. The number of carbonyl (C=O) groups is 2. The smallest absolute Gasteiger partial charge is 0.331 e. The zero-order valence-electron chi connectivity index (χ0n) is 17.4. The lowest BCUT2D eigenvalue weighted by molar-refractivity contribution is -0.148. The highest BCUT2D eigenvalue weighted by Crippen LogP contribution is 2.28. The number of esters is 1. The van der Waals surface area contributed by atoms with Crippen LogP contribution in [0.5, 0.6) is 11.5 Å². The molecule has 2 rings (SSSR count). The lowest BCUT2D eigenvalue weighted by atomic mass is 10.0. The number of rotatable bonds is 8. The Labute approximate surface area is 171 Å². The zero-order valence-corrected chi connectivity index (χ0v) is 17.4. The molecule has 1 atom stereocenters. The number of ether oxygens (including phenoxy) is 3. The van der Waals surface area contributed by atoms with Gasteiger partial charge in [-0.25, -0.2) is 4.79 Å². The van der Waals surface area contributed by atoms with E-state index in [2.05, 4.69) is 19.2 Å². The molecule has 0 radical (unpaired) electrons. The molecule has 1 N–H and O–H groups in total. The van der Waals surface area contributed by atoms with E-state index in [1.807, 2.05) is 24.3 Å². The maximum atomic E-state index is 12.3. The predicted octanol–water partition coefficient (Wildman–Crippen LogP) is 4.41. The molecular weight excluding hydrogens is 370 g/mol. The van der Waals surface area contributed by atoms with Crippen molar-refractivity contribution in [1.82, 2.24) is 0 Å². The second kappa shape index (κ2) is 10.3. The largest absolute Gasteiger partial charge is 0.493 e.